The fourth-order valence-electron chi connectivity index (χ4n) is 2.48. The highest BCUT2D eigenvalue weighted by Gasteiger charge is 2.26. The van der Waals surface area contributed by atoms with Crippen LogP contribution in [0.2, 0.25) is 0 Å². The van der Waals surface area contributed by atoms with Crippen molar-refractivity contribution >= 4 is 17.3 Å². The Morgan fingerprint density at radius 1 is 1.47 bits per heavy atom. The Balaban J connectivity index is 1.80. The molecule has 0 saturated heterocycles. The zero-order valence-corrected chi connectivity index (χ0v) is 10.9. The SMILES string of the molecule is CC(NC1CCC(C(=O)O)CC1)c1ccsc1. The van der Waals surface area contributed by atoms with Crippen molar-refractivity contribution in [3.05, 3.63) is 22.4 Å². The quantitative estimate of drug-likeness (QED) is 0.867. The molecule has 1 atom stereocenters. The first-order valence-electron chi connectivity index (χ1n) is 6.17. The number of rotatable bonds is 4. The first-order chi connectivity index (χ1) is 8.16. The van der Waals surface area contributed by atoms with Gasteiger partial charge in [-0.1, -0.05) is 0 Å². The predicted octanol–water partition coefficient (Wildman–Crippen LogP) is 3.04. The molecule has 1 unspecified atom stereocenters. The molecule has 0 amide bonds. The van der Waals surface area contributed by atoms with Gasteiger partial charge in [0.05, 0.1) is 5.92 Å². The molecule has 0 aromatic carbocycles. The van der Waals surface area contributed by atoms with Gasteiger partial charge in [0.2, 0.25) is 0 Å². The van der Waals surface area contributed by atoms with Gasteiger partial charge >= 0.3 is 5.97 Å². The van der Waals surface area contributed by atoms with Gasteiger partial charge in [-0.25, -0.2) is 0 Å². The number of aliphatic carboxylic acids is 1. The Hall–Kier alpha value is -0.870. The van der Waals surface area contributed by atoms with Crippen molar-refractivity contribution in [1.29, 1.82) is 0 Å². The first kappa shape index (κ1) is 12.6. The van der Waals surface area contributed by atoms with Gasteiger partial charge in [0.1, 0.15) is 0 Å². The third-order valence-corrected chi connectivity index (χ3v) is 4.31. The van der Waals surface area contributed by atoms with Crippen LogP contribution in [-0.2, 0) is 4.79 Å². The van der Waals surface area contributed by atoms with E-state index in [1.54, 1.807) is 11.3 Å². The topological polar surface area (TPSA) is 49.3 Å². The Kier molecular flexibility index (Phi) is 4.18. The van der Waals surface area contributed by atoms with E-state index in [-0.39, 0.29) is 5.92 Å². The number of carboxylic acid groups (broad SMARTS) is 1. The molecule has 1 aromatic heterocycles. The first-order valence-corrected chi connectivity index (χ1v) is 7.12. The average molecular weight is 253 g/mol. The van der Waals surface area contributed by atoms with Crippen LogP contribution >= 0.6 is 11.3 Å². The monoisotopic (exact) mass is 253 g/mol. The molecular weight excluding hydrogens is 234 g/mol. The second-order valence-corrected chi connectivity index (χ2v) is 5.61. The van der Waals surface area contributed by atoms with E-state index in [0.29, 0.717) is 12.1 Å². The summed E-state index contributed by atoms with van der Waals surface area (Å²) >= 11 is 1.72. The van der Waals surface area contributed by atoms with Crippen molar-refractivity contribution in [1.82, 2.24) is 5.32 Å². The molecule has 1 aromatic rings. The summed E-state index contributed by atoms with van der Waals surface area (Å²) in [7, 11) is 0. The van der Waals surface area contributed by atoms with Crippen molar-refractivity contribution in [2.24, 2.45) is 5.92 Å². The van der Waals surface area contributed by atoms with Gasteiger partial charge < -0.3 is 10.4 Å². The number of nitrogens with one attached hydrogen (secondary N) is 1. The number of hydrogen-bond acceptors (Lipinski definition) is 3. The highest BCUT2D eigenvalue weighted by Crippen LogP contribution is 2.26. The minimum absolute atomic E-state index is 0.121. The van der Waals surface area contributed by atoms with Crippen molar-refractivity contribution in [2.45, 2.75) is 44.7 Å². The van der Waals surface area contributed by atoms with E-state index in [9.17, 15) is 4.79 Å². The summed E-state index contributed by atoms with van der Waals surface area (Å²) in [5, 5.41) is 16.8. The molecule has 1 fully saturated rings. The molecule has 0 aliphatic heterocycles. The summed E-state index contributed by atoms with van der Waals surface area (Å²) in [4.78, 5) is 10.9. The van der Waals surface area contributed by atoms with Crippen LogP contribution < -0.4 is 5.32 Å². The van der Waals surface area contributed by atoms with Crippen LogP contribution in [0.15, 0.2) is 16.8 Å². The van der Waals surface area contributed by atoms with E-state index in [1.165, 1.54) is 5.56 Å². The van der Waals surface area contributed by atoms with Gasteiger partial charge in [0.25, 0.3) is 0 Å². The zero-order chi connectivity index (χ0) is 12.3. The zero-order valence-electron chi connectivity index (χ0n) is 10.1. The third kappa shape index (κ3) is 3.30. The Labute approximate surface area is 106 Å². The van der Waals surface area contributed by atoms with Crippen molar-refractivity contribution in [2.75, 3.05) is 0 Å². The predicted molar refractivity (Wildman–Crippen MR) is 69.3 cm³/mol. The second-order valence-electron chi connectivity index (χ2n) is 4.83. The van der Waals surface area contributed by atoms with E-state index >= 15 is 0 Å². The molecule has 0 bridgehead atoms. The number of carbonyl (C=O) groups is 1. The van der Waals surface area contributed by atoms with E-state index in [2.05, 4.69) is 29.1 Å². The van der Waals surface area contributed by atoms with Crippen molar-refractivity contribution < 1.29 is 9.90 Å². The second kappa shape index (κ2) is 5.65. The van der Waals surface area contributed by atoms with Crippen LogP contribution in [-0.4, -0.2) is 17.1 Å². The third-order valence-electron chi connectivity index (χ3n) is 3.61. The molecule has 4 heteroatoms. The Bertz CT molecular complexity index is 356. The molecule has 94 valence electrons. The van der Waals surface area contributed by atoms with Gasteiger partial charge in [0, 0.05) is 12.1 Å². The maximum Gasteiger partial charge on any atom is 0.306 e. The van der Waals surface area contributed by atoms with Crippen LogP contribution in [0.4, 0.5) is 0 Å². The minimum atomic E-state index is -0.630. The number of hydrogen-bond donors (Lipinski definition) is 2. The van der Waals surface area contributed by atoms with Crippen LogP contribution in [0.3, 0.4) is 0 Å². The van der Waals surface area contributed by atoms with Crippen LogP contribution in [0.5, 0.6) is 0 Å². The molecule has 3 nitrogen and oxygen atoms in total. The number of thiophene rings is 1. The fraction of sp³-hybridized carbons (Fsp3) is 0.615. The molecule has 1 aliphatic carbocycles. The lowest BCUT2D eigenvalue weighted by atomic mass is 9.86. The van der Waals surface area contributed by atoms with E-state index < -0.39 is 5.97 Å². The van der Waals surface area contributed by atoms with Gasteiger partial charge in [0.15, 0.2) is 0 Å². The van der Waals surface area contributed by atoms with Crippen LogP contribution in [0.25, 0.3) is 0 Å². The highest BCUT2D eigenvalue weighted by atomic mass is 32.1. The maximum absolute atomic E-state index is 10.9. The maximum atomic E-state index is 10.9. The minimum Gasteiger partial charge on any atom is -0.481 e. The molecule has 2 N–H and O–H groups in total. The normalized spacial score (nSPS) is 26.6. The molecule has 0 radical (unpaired) electrons. The van der Waals surface area contributed by atoms with Gasteiger partial charge in [-0.05, 0) is 55.0 Å². The molecule has 0 spiro atoms. The van der Waals surface area contributed by atoms with Crippen LogP contribution in [0.1, 0.15) is 44.2 Å². The standard InChI is InChI=1S/C13H19NO2S/c1-9(11-6-7-17-8-11)14-12-4-2-10(3-5-12)13(15)16/h6-10,12,14H,2-5H2,1H3,(H,15,16). The molecule has 1 aliphatic rings. The molecule has 1 saturated carbocycles. The van der Waals surface area contributed by atoms with Crippen molar-refractivity contribution in [3.8, 4) is 0 Å². The lowest BCUT2D eigenvalue weighted by molar-refractivity contribution is -0.142. The van der Waals surface area contributed by atoms with E-state index in [4.69, 9.17) is 5.11 Å². The largest absolute Gasteiger partial charge is 0.481 e. The summed E-state index contributed by atoms with van der Waals surface area (Å²) in [6.45, 7) is 2.17. The summed E-state index contributed by atoms with van der Waals surface area (Å²) in [5.41, 5.74) is 1.33. The summed E-state index contributed by atoms with van der Waals surface area (Å²) in [6.07, 6.45) is 3.57. The molecule has 17 heavy (non-hydrogen) atoms. The highest BCUT2D eigenvalue weighted by molar-refractivity contribution is 7.07. The summed E-state index contributed by atoms with van der Waals surface area (Å²) in [5.74, 6) is -0.751. The van der Waals surface area contributed by atoms with Gasteiger partial charge in [-0.15, -0.1) is 0 Å². The number of carboxylic acids is 1. The summed E-state index contributed by atoms with van der Waals surface area (Å²) < 4.78 is 0. The lowest BCUT2D eigenvalue weighted by Crippen LogP contribution is -2.36. The Morgan fingerprint density at radius 3 is 2.71 bits per heavy atom. The van der Waals surface area contributed by atoms with E-state index in [1.807, 2.05) is 0 Å². The van der Waals surface area contributed by atoms with Gasteiger partial charge in [-0.2, -0.15) is 11.3 Å². The summed E-state index contributed by atoms with van der Waals surface area (Å²) in [6, 6.07) is 2.98. The lowest BCUT2D eigenvalue weighted by Gasteiger charge is -2.29. The molecular formula is C13H19NO2S. The smallest absolute Gasteiger partial charge is 0.306 e. The van der Waals surface area contributed by atoms with Gasteiger partial charge in [-0.3, -0.25) is 4.79 Å². The molecule has 2 rings (SSSR count). The average Bonchev–Trinajstić information content (AvgIpc) is 2.83. The van der Waals surface area contributed by atoms with E-state index in [0.717, 1.165) is 25.7 Å². The Morgan fingerprint density at radius 2 is 2.18 bits per heavy atom. The van der Waals surface area contributed by atoms with Crippen LogP contribution in [0, 0.1) is 5.92 Å². The fourth-order valence-corrected chi connectivity index (χ4v) is 3.23. The molecule has 1 heterocycles. The van der Waals surface area contributed by atoms with Crippen molar-refractivity contribution in [3.63, 3.8) is 0 Å².